The van der Waals surface area contributed by atoms with Crippen LogP contribution in [0.3, 0.4) is 0 Å². The second kappa shape index (κ2) is 32.3. The molecule has 0 spiro atoms. The Morgan fingerprint density at radius 3 is 1.03 bits per heavy atom. The van der Waals surface area contributed by atoms with E-state index in [0.29, 0.717) is 66.1 Å². The number of ether oxygens (including phenoxy) is 6. The van der Waals surface area contributed by atoms with Crippen LogP contribution in [0.2, 0.25) is 0 Å². The predicted octanol–water partition coefficient (Wildman–Crippen LogP) is 5.65. The number of hydrogen-bond donors (Lipinski definition) is 1. The van der Waals surface area contributed by atoms with Crippen molar-refractivity contribution in [3.8, 4) is 0 Å². The monoisotopic (exact) mass is 520 g/mol. The molecule has 0 atom stereocenters. The maximum atomic E-state index is 10.3. The Balaban J connectivity index is 3.02. The zero-order chi connectivity index (χ0) is 26.2. The summed E-state index contributed by atoms with van der Waals surface area (Å²) in [6.45, 7) is 8.51. The second-order valence-electron chi connectivity index (χ2n) is 9.06. The van der Waals surface area contributed by atoms with E-state index >= 15 is 0 Å². The van der Waals surface area contributed by atoms with Crippen LogP contribution in [0.5, 0.6) is 0 Å². The molecule has 0 unspecified atom stereocenters. The third-order valence-corrected chi connectivity index (χ3v) is 5.71. The highest BCUT2D eigenvalue weighted by molar-refractivity contribution is 5.66. The molecule has 0 aromatic heterocycles. The van der Waals surface area contributed by atoms with Gasteiger partial charge in [0.2, 0.25) is 0 Å². The van der Waals surface area contributed by atoms with Crippen molar-refractivity contribution in [3.63, 3.8) is 0 Å². The Morgan fingerprint density at radius 2 is 0.694 bits per heavy atom. The molecule has 0 saturated carbocycles. The van der Waals surface area contributed by atoms with E-state index in [2.05, 4.69) is 6.92 Å². The molecular weight excluding hydrogens is 464 g/mol. The largest absolute Gasteiger partial charge is 0.481 e. The molecule has 8 heteroatoms. The highest BCUT2D eigenvalue weighted by Crippen LogP contribution is 2.12. The Kier molecular flexibility index (Phi) is 31.6. The number of aliphatic carboxylic acids is 1. The highest BCUT2D eigenvalue weighted by atomic mass is 16.6. The van der Waals surface area contributed by atoms with E-state index in [1.165, 1.54) is 77.0 Å². The van der Waals surface area contributed by atoms with Gasteiger partial charge in [0, 0.05) is 6.61 Å². The SMILES string of the molecule is CCCCCCCCCCCCCCCOCCOCCOCCOCCOCCOCCC(=O)O. The molecule has 0 fully saturated rings. The zero-order valence-corrected chi connectivity index (χ0v) is 23.2. The van der Waals surface area contributed by atoms with E-state index in [4.69, 9.17) is 33.5 Å². The van der Waals surface area contributed by atoms with E-state index in [0.717, 1.165) is 13.0 Å². The number of carboxylic acids is 1. The number of unbranched alkanes of at least 4 members (excludes halogenated alkanes) is 12. The van der Waals surface area contributed by atoms with Crippen LogP contribution in [-0.2, 0) is 33.2 Å². The summed E-state index contributed by atoms with van der Waals surface area (Å²) < 4.78 is 32.4. The molecule has 0 radical (unpaired) electrons. The first-order valence-electron chi connectivity index (χ1n) is 14.5. The van der Waals surface area contributed by atoms with Gasteiger partial charge in [-0.1, -0.05) is 84.0 Å². The van der Waals surface area contributed by atoms with E-state index in [-0.39, 0.29) is 13.0 Å². The fraction of sp³-hybridized carbons (Fsp3) is 0.964. The summed E-state index contributed by atoms with van der Waals surface area (Å²) in [5, 5.41) is 8.47. The molecule has 0 aromatic carbocycles. The predicted molar refractivity (Wildman–Crippen MR) is 143 cm³/mol. The van der Waals surface area contributed by atoms with Crippen molar-refractivity contribution in [2.24, 2.45) is 0 Å². The fourth-order valence-corrected chi connectivity index (χ4v) is 3.58. The third-order valence-electron chi connectivity index (χ3n) is 5.71. The zero-order valence-electron chi connectivity index (χ0n) is 23.2. The molecule has 8 nitrogen and oxygen atoms in total. The van der Waals surface area contributed by atoms with Gasteiger partial charge in [-0.3, -0.25) is 4.79 Å². The Hall–Kier alpha value is -0.770. The summed E-state index contributed by atoms with van der Waals surface area (Å²) >= 11 is 0. The van der Waals surface area contributed by atoms with Crippen LogP contribution >= 0.6 is 0 Å². The molecule has 216 valence electrons. The van der Waals surface area contributed by atoms with Gasteiger partial charge >= 0.3 is 5.97 Å². The lowest BCUT2D eigenvalue weighted by Crippen LogP contribution is -2.14. The third kappa shape index (κ3) is 33.2. The maximum absolute atomic E-state index is 10.3. The standard InChI is InChI=1S/C28H56O8/c1-2-3-4-5-6-7-8-9-10-11-12-13-14-16-31-18-20-33-22-24-35-26-27-36-25-23-34-21-19-32-17-15-28(29)30/h2-27H2,1H3,(H,29,30). The van der Waals surface area contributed by atoms with E-state index < -0.39 is 5.97 Å². The van der Waals surface area contributed by atoms with Crippen molar-refractivity contribution < 1.29 is 38.3 Å². The van der Waals surface area contributed by atoms with Gasteiger partial charge < -0.3 is 33.5 Å². The number of carbonyl (C=O) groups is 1. The second-order valence-corrected chi connectivity index (χ2v) is 9.06. The van der Waals surface area contributed by atoms with Gasteiger partial charge in [-0.2, -0.15) is 0 Å². The average molecular weight is 521 g/mol. The molecule has 0 saturated heterocycles. The van der Waals surface area contributed by atoms with Gasteiger partial charge in [0.1, 0.15) is 0 Å². The average Bonchev–Trinajstić information content (AvgIpc) is 2.87. The molecule has 0 bridgehead atoms. The number of carboxylic acid groups (broad SMARTS) is 1. The first-order chi connectivity index (χ1) is 17.8. The summed E-state index contributed by atoms with van der Waals surface area (Å²) in [7, 11) is 0. The van der Waals surface area contributed by atoms with E-state index in [1.54, 1.807) is 0 Å². The quantitative estimate of drug-likeness (QED) is 0.114. The van der Waals surface area contributed by atoms with E-state index in [1.807, 2.05) is 0 Å². The summed E-state index contributed by atoms with van der Waals surface area (Å²) in [6, 6.07) is 0. The van der Waals surface area contributed by atoms with Gasteiger partial charge in [-0.25, -0.2) is 0 Å². The van der Waals surface area contributed by atoms with Crippen molar-refractivity contribution in [2.75, 3.05) is 79.3 Å². The normalized spacial score (nSPS) is 11.4. The highest BCUT2D eigenvalue weighted by Gasteiger charge is 1.97. The van der Waals surface area contributed by atoms with Crippen molar-refractivity contribution in [1.29, 1.82) is 0 Å². The summed E-state index contributed by atoms with van der Waals surface area (Å²) in [6.07, 6.45) is 17.8. The molecular formula is C28H56O8. The Labute approximate surface area is 220 Å². The van der Waals surface area contributed by atoms with Gasteiger partial charge in [0.15, 0.2) is 0 Å². The van der Waals surface area contributed by atoms with Crippen molar-refractivity contribution in [3.05, 3.63) is 0 Å². The van der Waals surface area contributed by atoms with Crippen LogP contribution in [0, 0.1) is 0 Å². The number of hydrogen-bond acceptors (Lipinski definition) is 7. The van der Waals surface area contributed by atoms with Gasteiger partial charge in [-0.05, 0) is 6.42 Å². The van der Waals surface area contributed by atoms with Crippen LogP contribution in [0.1, 0.15) is 96.8 Å². The molecule has 0 amide bonds. The van der Waals surface area contributed by atoms with Gasteiger partial charge in [-0.15, -0.1) is 0 Å². The molecule has 0 aliphatic rings. The minimum Gasteiger partial charge on any atom is -0.481 e. The van der Waals surface area contributed by atoms with Crippen LogP contribution in [0.4, 0.5) is 0 Å². The Bertz CT molecular complexity index is 422. The van der Waals surface area contributed by atoms with Crippen molar-refractivity contribution in [1.82, 2.24) is 0 Å². The first kappa shape index (κ1) is 35.2. The minimum atomic E-state index is -0.859. The molecule has 0 rings (SSSR count). The first-order valence-corrected chi connectivity index (χ1v) is 14.5. The topological polar surface area (TPSA) is 92.7 Å². The van der Waals surface area contributed by atoms with E-state index in [9.17, 15) is 4.79 Å². The molecule has 0 aliphatic heterocycles. The molecule has 0 aliphatic carbocycles. The lowest BCUT2D eigenvalue weighted by molar-refractivity contribution is -0.138. The van der Waals surface area contributed by atoms with Crippen LogP contribution in [-0.4, -0.2) is 90.4 Å². The van der Waals surface area contributed by atoms with Crippen molar-refractivity contribution >= 4 is 5.97 Å². The smallest absolute Gasteiger partial charge is 0.305 e. The summed E-state index contributed by atoms with van der Waals surface area (Å²) in [5.41, 5.74) is 0. The van der Waals surface area contributed by atoms with Crippen molar-refractivity contribution in [2.45, 2.75) is 96.8 Å². The molecule has 0 aromatic rings. The van der Waals surface area contributed by atoms with Gasteiger partial charge in [0.25, 0.3) is 0 Å². The molecule has 1 N–H and O–H groups in total. The van der Waals surface area contributed by atoms with Crippen LogP contribution < -0.4 is 0 Å². The lowest BCUT2D eigenvalue weighted by Gasteiger charge is -2.08. The lowest BCUT2D eigenvalue weighted by atomic mass is 10.0. The molecule has 0 heterocycles. The van der Waals surface area contributed by atoms with Crippen LogP contribution in [0.25, 0.3) is 0 Å². The summed E-state index contributed by atoms with van der Waals surface area (Å²) in [5.74, 6) is -0.859. The Morgan fingerprint density at radius 1 is 0.417 bits per heavy atom. The number of rotatable bonds is 32. The summed E-state index contributed by atoms with van der Waals surface area (Å²) in [4.78, 5) is 10.3. The molecule has 36 heavy (non-hydrogen) atoms. The maximum Gasteiger partial charge on any atom is 0.305 e. The van der Waals surface area contributed by atoms with Crippen LogP contribution in [0.15, 0.2) is 0 Å². The minimum absolute atomic E-state index is 0.0153. The fourth-order valence-electron chi connectivity index (χ4n) is 3.58. The van der Waals surface area contributed by atoms with Gasteiger partial charge in [0.05, 0.1) is 79.1 Å².